The zero-order valence-corrected chi connectivity index (χ0v) is 18.5. The van der Waals surface area contributed by atoms with Crippen LogP contribution in [0.2, 0.25) is 0 Å². The third-order valence-corrected chi connectivity index (χ3v) is 8.12. The van der Waals surface area contributed by atoms with E-state index < -0.39 is 10.0 Å². The van der Waals surface area contributed by atoms with Gasteiger partial charge in [0.25, 0.3) is 0 Å². The summed E-state index contributed by atoms with van der Waals surface area (Å²) in [4.78, 5) is 14.8. The number of nitrogens with zero attached hydrogens (tertiary/aromatic N) is 2. The van der Waals surface area contributed by atoms with E-state index >= 15 is 0 Å². The van der Waals surface area contributed by atoms with E-state index in [9.17, 15) is 13.2 Å². The Morgan fingerprint density at radius 3 is 2.32 bits per heavy atom. The molecule has 1 aromatic carbocycles. The maximum Gasteiger partial charge on any atom is 0.227 e. The molecule has 3 atom stereocenters. The Morgan fingerprint density at radius 2 is 1.74 bits per heavy atom. The van der Waals surface area contributed by atoms with Crippen LogP contribution in [0.3, 0.4) is 0 Å². The standard InChI is InChI=1S/C23H28N2O5S/c1-31(27,28)25-19-6-7-20(25)9-16(8-19)14-30-23-15-29-21(10-22(23)26)13-24-11-17-4-2-3-5-18(17)12-24/h2-5,10,15-16,19-20H,6-9,11-14H2,1H3/t16?,19-,20+. The normalized spacial score (nSPS) is 26.2. The van der Waals surface area contributed by atoms with E-state index in [1.807, 2.05) is 12.1 Å². The van der Waals surface area contributed by atoms with Gasteiger partial charge in [0.1, 0.15) is 12.0 Å². The lowest BCUT2D eigenvalue weighted by Gasteiger charge is -2.36. The predicted molar refractivity (Wildman–Crippen MR) is 116 cm³/mol. The van der Waals surface area contributed by atoms with Crippen LogP contribution in [0.1, 0.15) is 42.6 Å². The number of piperidine rings is 1. The summed E-state index contributed by atoms with van der Waals surface area (Å²) >= 11 is 0. The fourth-order valence-electron chi connectivity index (χ4n) is 5.49. The molecule has 1 aromatic heterocycles. The molecule has 2 aromatic rings. The van der Waals surface area contributed by atoms with Crippen LogP contribution in [0.4, 0.5) is 0 Å². The number of ether oxygens (including phenoxy) is 1. The minimum Gasteiger partial charge on any atom is -0.486 e. The molecular weight excluding hydrogens is 416 g/mol. The monoisotopic (exact) mass is 444 g/mol. The highest BCUT2D eigenvalue weighted by molar-refractivity contribution is 7.88. The van der Waals surface area contributed by atoms with Gasteiger partial charge >= 0.3 is 0 Å². The lowest BCUT2D eigenvalue weighted by Crippen LogP contribution is -2.46. The third kappa shape index (κ3) is 4.29. The van der Waals surface area contributed by atoms with Gasteiger partial charge in [0.05, 0.1) is 19.4 Å². The topological polar surface area (TPSA) is 80.1 Å². The highest BCUT2D eigenvalue weighted by Gasteiger charge is 2.45. The van der Waals surface area contributed by atoms with Gasteiger partial charge in [-0.3, -0.25) is 9.69 Å². The van der Waals surface area contributed by atoms with Crippen molar-refractivity contribution < 1.29 is 17.6 Å². The molecule has 1 unspecified atom stereocenters. The second-order valence-corrected chi connectivity index (χ2v) is 11.0. The molecule has 0 amide bonds. The lowest BCUT2D eigenvalue weighted by atomic mass is 9.93. The molecule has 0 spiro atoms. The van der Waals surface area contributed by atoms with Crippen LogP contribution in [-0.2, 0) is 29.7 Å². The molecule has 2 fully saturated rings. The van der Waals surface area contributed by atoms with Crippen LogP contribution < -0.4 is 10.2 Å². The first kappa shape index (κ1) is 20.7. The lowest BCUT2D eigenvalue weighted by molar-refractivity contribution is 0.137. The fourth-order valence-corrected chi connectivity index (χ4v) is 6.96. The van der Waals surface area contributed by atoms with Crippen molar-refractivity contribution in [1.82, 2.24) is 9.21 Å². The van der Waals surface area contributed by atoms with Gasteiger partial charge in [-0.2, -0.15) is 4.31 Å². The smallest absolute Gasteiger partial charge is 0.227 e. The summed E-state index contributed by atoms with van der Waals surface area (Å²) in [6, 6.07) is 10.0. The summed E-state index contributed by atoms with van der Waals surface area (Å²) in [6.07, 6.45) is 6.09. The molecule has 2 bridgehead atoms. The zero-order valence-electron chi connectivity index (χ0n) is 17.7. The minimum absolute atomic E-state index is 0.0609. The van der Waals surface area contributed by atoms with Gasteiger partial charge in [0.2, 0.25) is 21.2 Å². The van der Waals surface area contributed by atoms with Crippen molar-refractivity contribution in [3.8, 4) is 5.75 Å². The number of benzene rings is 1. The molecule has 3 aliphatic rings. The number of hydrogen-bond donors (Lipinski definition) is 0. The second-order valence-electron chi connectivity index (χ2n) is 9.12. The summed E-state index contributed by atoms with van der Waals surface area (Å²) in [6.45, 7) is 2.70. The van der Waals surface area contributed by atoms with Crippen molar-refractivity contribution in [2.75, 3.05) is 12.9 Å². The van der Waals surface area contributed by atoms with Crippen molar-refractivity contribution >= 4 is 10.0 Å². The van der Waals surface area contributed by atoms with Crippen LogP contribution in [0.15, 0.2) is 45.8 Å². The van der Waals surface area contributed by atoms with E-state index in [4.69, 9.17) is 9.15 Å². The quantitative estimate of drug-likeness (QED) is 0.682. The first-order valence-electron chi connectivity index (χ1n) is 10.9. The van der Waals surface area contributed by atoms with E-state index in [2.05, 4.69) is 17.0 Å². The Balaban J connectivity index is 1.17. The Labute approximate surface area is 182 Å². The van der Waals surface area contributed by atoms with Gasteiger partial charge in [-0.05, 0) is 42.7 Å². The van der Waals surface area contributed by atoms with Crippen LogP contribution in [0.25, 0.3) is 0 Å². The molecule has 8 heteroatoms. The van der Waals surface area contributed by atoms with E-state index in [0.29, 0.717) is 18.9 Å². The van der Waals surface area contributed by atoms with Crippen LogP contribution in [0.5, 0.6) is 5.75 Å². The Hall–Kier alpha value is -2.16. The summed E-state index contributed by atoms with van der Waals surface area (Å²) < 4.78 is 37.3. The molecule has 4 heterocycles. The Morgan fingerprint density at radius 1 is 1.10 bits per heavy atom. The first-order chi connectivity index (χ1) is 14.9. The molecule has 31 heavy (non-hydrogen) atoms. The van der Waals surface area contributed by atoms with E-state index in [1.165, 1.54) is 29.7 Å². The molecular formula is C23H28N2O5S. The minimum atomic E-state index is -3.17. The molecule has 0 N–H and O–H groups in total. The van der Waals surface area contributed by atoms with Crippen molar-refractivity contribution in [1.29, 1.82) is 0 Å². The summed E-state index contributed by atoms with van der Waals surface area (Å²) in [5.74, 6) is 1.11. The molecule has 0 aliphatic carbocycles. The van der Waals surface area contributed by atoms with Gasteiger partial charge < -0.3 is 9.15 Å². The fraction of sp³-hybridized carbons (Fsp3) is 0.522. The third-order valence-electron chi connectivity index (χ3n) is 6.76. The SMILES string of the molecule is CS(=O)(=O)N1[C@@H]2CC[C@H]1CC(COc1coc(CN3Cc4ccccc4C3)cc1=O)C2. The summed E-state index contributed by atoms with van der Waals surface area (Å²) in [5.41, 5.74) is 2.47. The number of fused-ring (bicyclic) bond motifs is 3. The van der Waals surface area contributed by atoms with E-state index in [1.54, 1.807) is 4.31 Å². The van der Waals surface area contributed by atoms with E-state index in [0.717, 1.165) is 38.8 Å². The van der Waals surface area contributed by atoms with Crippen LogP contribution in [-0.4, -0.2) is 42.6 Å². The van der Waals surface area contributed by atoms with Crippen molar-refractivity contribution in [3.63, 3.8) is 0 Å². The summed E-state index contributed by atoms with van der Waals surface area (Å²) in [5, 5.41) is 0. The molecule has 2 saturated heterocycles. The largest absolute Gasteiger partial charge is 0.486 e. The molecule has 7 nitrogen and oxygen atoms in total. The maximum absolute atomic E-state index is 12.5. The molecule has 166 valence electrons. The average Bonchev–Trinajstić information content (AvgIpc) is 3.25. The van der Waals surface area contributed by atoms with Crippen LogP contribution >= 0.6 is 0 Å². The Kier molecular flexibility index (Phi) is 5.40. The van der Waals surface area contributed by atoms with Crippen molar-refractivity contribution in [2.24, 2.45) is 5.92 Å². The van der Waals surface area contributed by atoms with Gasteiger partial charge in [-0.1, -0.05) is 24.3 Å². The number of rotatable bonds is 6. The number of hydrogen-bond acceptors (Lipinski definition) is 6. The van der Waals surface area contributed by atoms with Gasteiger partial charge in [0.15, 0.2) is 0 Å². The average molecular weight is 445 g/mol. The Bertz CT molecular complexity index is 1090. The molecule has 0 saturated carbocycles. The van der Waals surface area contributed by atoms with Gasteiger partial charge in [0, 0.05) is 31.2 Å². The summed E-state index contributed by atoms with van der Waals surface area (Å²) in [7, 11) is -3.17. The van der Waals surface area contributed by atoms with Crippen molar-refractivity contribution in [2.45, 2.75) is 57.4 Å². The highest BCUT2D eigenvalue weighted by Crippen LogP contribution is 2.40. The molecule has 3 aliphatic heterocycles. The van der Waals surface area contributed by atoms with E-state index in [-0.39, 0.29) is 29.2 Å². The molecule has 0 radical (unpaired) electrons. The van der Waals surface area contributed by atoms with Crippen molar-refractivity contribution in [3.05, 3.63) is 63.7 Å². The number of sulfonamides is 1. The zero-order chi connectivity index (χ0) is 21.6. The van der Waals surface area contributed by atoms with Gasteiger partial charge in [-0.15, -0.1) is 0 Å². The second kappa shape index (κ2) is 8.07. The maximum atomic E-state index is 12.5. The first-order valence-corrected chi connectivity index (χ1v) is 12.7. The van der Waals surface area contributed by atoms with Gasteiger partial charge in [-0.25, -0.2) is 8.42 Å². The van der Waals surface area contributed by atoms with Crippen LogP contribution in [0, 0.1) is 5.92 Å². The predicted octanol–water partition coefficient (Wildman–Crippen LogP) is 2.74. The highest BCUT2D eigenvalue weighted by atomic mass is 32.2. The molecule has 5 rings (SSSR count).